The topological polar surface area (TPSA) is 64.9 Å². The Balaban J connectivity index is 2.08. The molecular formula is C15H21N3S. The highest BCUT2D eigenvalue weighted by atomic mass is 32.1. The van der Waals surface area contributed by atoms with Gasteiger partial charge in [0.2, 0.25) is 0 Å². The fourth-order valence-corrected chi connectivity index (χ4v) is 3.01. The normalized spacial score (nSPS) is 10.8. The van der Waals surface area contributed by atoms with Crippen LogP contribution in [0.5, 0.6) is 0 Å². The Labute approximate surface area is 118 Å². The van der Waals surface area contributed by atoms with Gasteiger partial charge in [-0.25, -0.2) is 4.98 Å². The van der Waals surface area contributed by atoms with Gasteiger partial charge in [-0.15, -0.1) is 11.3 Å². The molecule has 1 heterocycles. The fraction of sp³-hybridized carbons (Fsp3) is 0.400. The maximum Gasteiger partial charge on any atom is 0.180 e. The van der Waals surface area contributed by atoms with Gasteiger partial charge in [0.15, 0.2) is 5.13 Å². The van der Waals surface area contributed by atoms with Crippen LogP contribution in [0.25, 0.3) is 0 Å². The summed E-state index contributed by atoms with van der Waals surface area (Å²) in [4.78, 5) is 5.76. The van der Waals surface area contributed by atoms with E-state index in [1.807, 2.05) is 12.1 Å². The van der Waals surface area contributed by atoms with Crippen molar-refractivity contribution >= 4 is 22.2 Å². The molecule has 0 aliphatic rings. The van der Waals surface area contributed by atoms with E-state index in [0.29, 0.717) is 5.13 Å². The van der Waals surface area contributed by atoms with Crippen LogP contribution in [0, 0.1) is 0 Å². The molecule has 3 nitrogen and oxygen atoms in total. The van der Waals surface area contributed by atoms with Crippen LogP contribution in [0.4, 0.5) is 10.8 Å². The van der Waals surface area contributed by atoms with Gasteiger partial charge >= 0.3 is 0 Å². The Bertz CT molecular complexity index is 517. The minimum atomic E-state index is 0.678. The summed E-state index contributed by atoms with van der Waals surface area (Å²) in [5, 5.41) is 0.678. The number of nitrogens with two attached hydrogens (primary N) is 2. The number of hydrogen-bond acceptors (Lipinski definition) is 4. The van der Waals surface area contributed by atoms with Crippen molar-refractivity contribution in [2.24, 2.45) is 0 Å². The van der Waals surface area contributed by atoms with Crippen molar-refractivity contribution in [1.29, 1.82) is 0 Å². The number of nitrogens with zero attached hydrogens (tertiary/aromatic N) is 1. The molecule has 0 fully saturated rings. The first kappa shape index (κ1) is 13.9. The summed E-state index contributed by atoms with van der Waals surface area (Å²) in [5.41, 5.74) is 14.8. The minimum Gasteiger partial charge on any atom is -0.399 e. The smallest absolute Gasteiger partial charge is 0.180 e. The monoisotopic (exact) mass is 275 g/mol. The first-order valence-electron chi connectivity index (χ1n) is 6.77. The van der Waals surface area contributed by atoms with E-state index in [1.54, 1.807) is 11.3 Å². The molecule has 0 amide bonds. The molecule has 0 aliphatic carbocycles. The molecule has 19 heavy (non-hydrogen) atoms. The third kappa shape index (κ3) is 3.96. The molecule has 4 N–H and O–H groups in total. The van der Waals surface area contributed by atoms with Crippen molar-refractivity contribution in [1.82, 2.24) is 4.98 Å². The van der Waals surface area contributed by atoms with Gasteiger partial charge < -0.3 is 11.5 Å². The maximum atomic E-state index is 5.85. The highest BCUT2D eigenvalue weighted by molar-refractivity contribution is 7.15. The summed E-state index contributed by atoms with van der Waals surface area (Å²) in [5.74, 6) is 0. The van der Waals surface area contributed by atoms with E-state index in [-0.39, 0.29) is 0 Å². The van der Waals surface area contributed by atoms with Gasteiger partial charge in [0.05, 0.1) is 5.69 Å². The number of nitrogen functional groups attached to an aromatic ring is 2. The van der Waals surface area contributed by atoms with Gasteiger partial charge in [-0.2, -0.15) is 0 Å². The molecular weight excluding hydrogens is 254 g/mol. The molecule has 0 radical (unpaired) electrons. The zero-order valence-electron chi connectivity index (χ0n) is 11.4. The van der Waals surface area contributed by atoms with Crippen molar-refractivity contribution in [3.8, 4) is 0 Å². The lowest BCUT2D eigenvalue weighted by Gasteiger charge is -2.03. The molecule has 0 atom stereocenters. The predicted octanol–water partition coefficient (Wildman–Crippen LogP) is 3.63. The molecule has 2 aromatic rings. The van der Waals surface area contributed by atoms with Crippen LogP contribution in [0.3, 0.4) is 0 Å². The molecule has 1 aromatic heterocycles. The second-order valence-electron chi connectivity index (χ2n) is 4.80. The highest BCUT2D eigenvalue weighted by Crippen LogP contribution is 2.25. The number of benzene rings is 1. The molecule has 102 valence electrons. The Morgan fingerprint density at radius 3 is 2.53 bits per heavy atom. The maximum absolute atomic E-state index is 5.85. The zero-order valence-corrected chi connectivity index (χ0v) is 12.2. The van der Waals surface area contributed by atoms with Crippen LogP contribution in [0.15, 0.2) is 24.3 Å². The third-order valence-corrected chi connectivity index (χ3v) is 4.08. The van der Waals surface area contributed by atoms with E-state index < -0.39 is 0 Å². The molecule has 0 aliphatic heterocycles. The van der Waals surface area contributed by atoms with E-state index in [1.165, 1.54) is 35.4 Å². The van der Waals surface area contributed by atoms with E-state index in [2.05, 4.69) is 24.0 Å². The fourth-order valence-electron chi connectivity index (χ4n) is 2.10. The lowest BCUT2D eigenvalue weighted by molar-refractivity contribution is 0.707. The average Bonchev–Trinajstić information content (AvgIpc) is 2.73. The van der Waals surface area contributed by atoms with Crippen molar-refractivity contribution < 1.29 is 0 Å². The molecule has 1 aromatic carbocycles. The van der Waals surface area contributed by atoms with Gasteiger partial charge in [0.25, 0.3) is 0 Å². The van der Waals surface area contributed by atoms with Crippen molar-refractivity contribution in [2.45, 2.75) is 39.0 Å². The van der Waals surface area contributed by atoms with E-state index in [0.717, 1.165) is 18.5 Å². The number of hydrogen-bond donors (Lipinski definition) is 2. The van der Waals surface area contributed by atoms with Crippen molar-refractivity contribution in [2.75, 3.05) is 11.5 Å². The quantitative estimate of drug-likeness (QED) is 0.625. The van der Waals surface area contributed by atoms with Gasteiger partial charge in [-0.05, 0) is 30.5 Å². The number of aryl methyl sites for hydroxylation is 1. The van der Waals surface area contributed by atoms with E-state index in [4.69, 9.17) is 11.5 Å². The predicted molar refractivity (Wildman–Crippen MR) is 83.4 cm³/mol. The molecule has 0 bridgehead atoms. The average molecular weight is 275 g/mol. The largest absolute Gasteiger partial charge is 0.399 e. The first-order chi connectivity index (χ1) is 9.19. The molecule has 0 spiro atoms. The van der Waals surface area contributed by atoms with E-state index >= 15 is 0 Å². The van der Waals surface area contributed by atoms with Crippen LogP contribution >= 0.6 is 11.3 Å². The number of unbranched alkanes of at least 4 members (excludes halogenated alkanes) is 2. The van der Waals surface area contributed by atoms with Crippen molar-refractivity contribution in [3.63, 3.8) is 0 Å². The third-order valence-electron chi connectivity index (χ3n) is 3.16. The standard InChI is InChI=1S/C15H21N3S/c1-2-3-4-5-13-14(19-15(17)18-13)10-11-6-8-12(16)9-7-11/h6-9H,2-5,10,16H2,1H3,(H2,17,18). The first-order valence-corrected chi connectivity index (χ1v) is 7.59. The number of thiazole rings is 1. The van der Waals surface area contributed by atoms with Gasteiger partial charge in [0, 0.05) is 17.0 Å². The van der Waals surface area contributed by atoms with Crippen LogP contribution in [0.2, 0.25) is 0 Å². The number of rotatable bonds is 6. The molecule has 2 rings (SSSR count). The number of aromatic nitrogens is 1. The SMILES string of the molecule is CCCCCc1nc(N)sc1Cc1ccc(N)cc1. The molecule has 0 unspecified atom stereocenters. The Morgan fingerprint density at radius 1 is 1.11 bits per heavy atom. The Morgan fingerprint density at radius 2 is 1.84 bits per heavy atom. The highest BCUT2D eigenvalue weighted by Gasteiger charge is 2.10. The Hall–Kier alpha value is -1.55. The van der Waals surface area contributed by atoms with Crippen LogP contribution in [-0.2, 0) is 12.8 Å². The Kier molecular flexibility index (Phi) is 4.80. The summed E-state index contributed by atoms with van der Waals surface area (Å²) in [6.07, 6.45) is 5.60. The van der Waals surface area contributed by atoms with Crippen LogP contribution in [-0.4, -0.2) is 4.98 Å². The summed E-state index contributed by atoms with van der Waals surface area (Å²) >= 11 is 1.61. The summed E-state index contributed by atoms with van der Waals surface area (Å²) in [6, 6.07) is 8.02. The summed E-state index contributed by atoms with van der Waals surface area (Å²) in [7, 11) is 0. The van der Waals surface area contributed by atoms with E-state index in [9.17, 15) is 0 Å². The lowest BCUT2D eigenvalue weighted by Crippen LogP contribution is -1.94. The second-order valence-corrected chi connectivity index (χ2v) is 5.91. The zero-order chi connectivity index (χ0) is 13.7. The van der Waals surface area contributed by atoms with Crippen LogP contribution in [0.1, 0.15) is 42.3 Å². The summed E-state index contributed by atoms with van der Waals surface area (Å²) < 4.78 is 0. The minimum absolute atomic E-state index is 0.678. The second kappa shape index (κ2) is 6.57. The van der Waals surface area contributed by atoms with Crippen LogP contribution < -0.4 is 11.5 Å². The van der Waals surface area contributed by atoms with Gasteiger partial charge in [0.1, 0.15) is 0 Å². The molecule has 0 saturated carbocycles. The van der Waals surface area contributed by atoms with Gasteiger partial charge in [-0.3, -0.25) is 0 Å². The molecule has 0 saturated heterocycles. The lowest BCUT2D eigenvalue weighted by atomic mass is 10.1. The summed E-state index contributed by atoms with van der Waals surface area (Å²) in [6.45, 7) is 2.21. The van der Waals surface area contributed by atoms with Gasteiger partial charge in [-0.1, -0.05) is 31.9 Å². The number of anilines is 2. The molecule has 4 heteroatoms. The van der Waals surface area contributed by atoms with Crippen molar-refractivity contribution in [3.05, 3.63) is 40.4 Å².